The Morgan fingerprint density at radius 3 is 2.83 bits per heavy atom. The third kappa shape index (κ3) is 2.12. The van der Waals surface area contributed by atoms with Gasteiger partial charge in [0.2, 0.25) is 0 Å². The molecule has 4 nitrogen and oxygen atoms in total. The van der Waals surface area contributed by atoms with Crippen LogP contribution in [0.25, 0.3) is 0 Å². The summed E-state index contributed by atoms with van der Waals surface area (Å²) in [5.74, 6) is 0.105. The Morgan fingerprint density at radius 1 is 1.75 bits per heavy atom. The van der Waals surface area contributed by atoms with E-state index in [0.29, 0.717) is 5.82 Å². The topological polar surface area (TPSA) is 46.9 Å². The van der Waals surface area contributed by atoms with E-state index in [0.717, 1.165) is 0 Å². The summed E-state index contributed by atoms with van der Waals surface area (Å²) in [6.45, 7) is 0. The lowest BCUT2D eigenvalue weighted by molar-refractivity contribution is -0.114. The average Bonchev–Trinajstić information content (AvgIpc) is 2.36. The number of hydrogen-bond donors (Lipinski definition) is 1. The Labute approximate surface area is 79.5 Å². The van der Waals surface area contributed by atoms with Crippen molar-refractivity contribution in [1.82, 2.24) is 9.78 Å². The Bertz CT molecular complexity index is 284. The first-order valence-corrected chi connectivity index (χ1v) is 4.05. The molecule has 0 aromatic carbocycles. The van der Waals surface area contributed by atoms with Crippen molar-refractivity contribution in [1.29, 1.82) is 0 Å². The molecule has 0 unspecified atom stereocenters. The van der Waals surface area contributed by atoms with Crippen molar-refractivity contribution in [2.75, 3.05) is 5.32 Å². The lowest BCUT2D eigenvalue weighted by atomic mass is 10.6. The molecular formula is C6H7Cl2N3O. The standard InChI is InChI=1S/C6H7Cl2N3O/c1-11-4(2-3-9-11)10-6(12)5(7)8/h2-3,5H,1H3,(H,10,12). The second-order valence-electron chi connectivity index (χ2n) is 2.13. The van der Waals surface area contributed by atoms with Gasteiger partial charge in [-0.2, -0.15) is 5.10 Å². The molecule has 6 heteroatoms. The van der Waals surface area contributed by atoms with Gasteiger partial charge in [-0.05, 0) is 0 Å². The Hall–Kier alpha value is -0.740. The van der Waals surface area contributed by atoms with Gasteiger partial charge in [-0.25, -0.2) is 0 Å². The van der Waals surface area contributed by atoms with Crippen LogP contribution in [0.5, 0.6) is 0 Å². The van der Waals surface area contributed by atoms with Gasteiger partial charge in [-0.15, -0.1) is 0 Å². The molecule has 0 atom stereocenters. The second kappa shape index (κ2) is 3.78. The van der Waals surface area contributed by atoms with Gasteiger partial charge in [0, 0.05) is 13.1 Å². The summed E-state index contributed by atoms with van der Waals surface area (Å²) >= 11 is 10.6. The van der Waals surface area contributed by atoms with Crippen LogP contribution < -0.4 is 5.32 Å². The van der Waals surface area contributed by atoms with Crippen LogP contribution in [-0.4, -0.2) is 20.5 Å². The molecule has 0 bridgehead atoms. The van der Waals surface area contributed by atoms with Crippen LogP contribution in [0.1, 0.15) is 0 Å². The molecule has 0 saturated heterocycles. The molecule has 0 fully saturated rings. The predicted octanol–water partition coefficient (Wildman–Crippen LogP) is 1.16. The van der Waals surface area contributed by atoms with Crippen LogP contribution in [0.4, 0.5) is 5.82 Å². The summed E-state index contributed by atoms with van der Waals surface area (Å²) in [6.07, 6.45) is 1.56. The van der Waals surface area contributed by atoms with E-state index in [2.05, 4.69) is 10.4 Å². The molecule has 1 rings (SSSR count). The molecule has 0 aliphatic rings. The number of carbonyl (C=O) groups is 1. The summed E-state index contributed by atoms with van der Waals surface area (Å²) in [5.41, 5.74) is 0. The minimum absolute atomic E-state index is 0.457. The van der Waals surface area contributed by atoms with E-state index in [1.807, 2.05) is 0 Å². The summed E-state index contributed by atoms with van der Waals surface area (Å²) in [6, 6.07) is 1.65. The first kappa shape index (κ1) is 9.35. The number of rotatable bonds is 2. The number of alkyl halides is 2. The van der Waals surface area contributed by atoms with E-state index in [1.165, 1.54) is 4.68 Å². The van der Waals surface area contributed by atoms with Crippen molar-refractivity contribution in [2.45, 2.75) is 4.84 Å². The molecule has 1 amide bonds. The van der Waals surface area contributed by atoms with Gasteiger partial charge in [0.15, 0.2) is 4.84 Å². The normalized spacial score (nSPS) is 10.3. The maximum Gasteiger partial charge on any atom is 0.258 e. The highest BCUT2D eigenvalue weighted by Crippen LogP contribution is 2.08. The van der Waals surface area contributed by atoms with Crippen molar-refractivity contribution in [3.05, 3.63) is 12.3 Å². The molecule has 12 heavy (non-hydrogen) atoms. The molecule has 0 aliphatic heterocycles. The Morgan fingerprint density at radius 2 is 2.42 bits per heavy atom. The minimum atomic E-state index is -1.06. The summed E-state index contributed by atoms with van der Waals surface area (Å²) in [5, 5.41) is 6.33. The van der Waals surface area contributed by atoms with E-state index in [-0.39, 0.29) is 0 Å². The van der Waals surface area contributed by atoms with E-state index in [1.54, 1.807) is 19.3 Å². The zero-order valence-electron chi connectivity index (χ0n) is 6.29. The first-order chi connectivity index (χ1) is 5.61. The molecule has 0 aliphatic carbocycles. The van der Waals surface area contributed by atoms with Crippen LogP contribution in [-0.2, 0) is 11.8 Å². The maximum atomic E-state index is 10.9. The number of carbonyl (C=O) groups excluding carboxylic acids is 1. The molecule has 0 saturated carbocycles. The monoisotopic (exact) mass is 207 g/mol. The fourth-order valence-electron chi connectivity index (χ4n) is 0.677. The van der Waals surface area contributed by atoms with Crippen molar-refractivity contribution in [3.8, 4) is 0 Å². The predicted molar refractivity (Wildman–Crippen MR) is 47.3 cm³/mol. The molecule has 1 aromatic rings. The summed E-state index contributed by atoms with van der Waals surface area (Å²) in [7, 11) is 1.70. The van der Waals surface area contributed by atoms with Crippen LogP contribution in [0.15, 0.2) is 12.3 Å². The molecule has 0 radical (unpaired) electrons. The molecule has 0 spiro atoms. The van der Waals surface area contributed by atoms with E-state index in [9.17, 15) is 4.79 Å². The highest BCUT2D eigenvalue weighted by molar-refractivity contribution is 6.54. The number of amides is 1. The molecule has 66 valence electrons. The van der Waals surface area contributed by atoms with Gasteiger partial charge in [0.25, 0.3) is 5.91 Å². The van der Waals surface area contributed by atoms with Gasteiger partial charge in [0.1, 0.15) is 5.82 Å². The number of anilines is 1. The zero-order chi connectivity index (χ0) is 9.14. The lowest BCUT2D eigenvalue weighted by Crippen LogP contribution is -2.20. The van der Waals surface area contributed by atoms with Gasteiger partial charge in [-0.1, -0.05) is 23.2 Å². The highest BCUT2D eigenvalue weighted by Gasteiger charge is 2.12. The molecular weight excluding hydrogens is 201 g/mol. The molecule has 1 heterocycles. The summed E-state index contributed by atoms with van der Waals surface area (Å²) in [4.78, 5) is 9.89. The van der Waals surface area contributed by atoms with Crippen molar-refractivity contribution in [3.63, 3.8) is 0 Å². The quantitative estimate of drug-likeness (QED) is 0.741. The zero-order valence-corrected chi connectivity index (χ0v) is 7.80. The van der Waals surface area contributed by atoms with Gasteiger partial charge >= 0.3 is 0 Å². The maximum absolute atomic E-state index is 10.9. The average molecular weight is 208 g/mol. The van der Waals surface area contributed by atoms with Crippen LogP contribution in [0.3, 0.4) is 0 Å². The molecule has 1 aromatic heterocycles. The number of nitrogens with one attached hydrogen (secondary N) is 1. The second-order valence-corrected chi connectivity index (χ2v) is 3.23. The third-order valence-corrected chi connectivity index (χ3v) is 1.67. The van der Waals surface area contributed by atoms with Gasteiger partial charge in [-0.3, -0.25) is 9.48 Å². The minimum Gasteiger partial charge on any atom is -0.309 e. The third-order valence-electron chi connectivity index (χ3n) is 1.27. The van der Waals surface area contributed by atoms with Crippen LogP contribution in [0.2, 0.25) is 0 Å². The number of hydrogen-bond acceptors (Lipinski definition) is 2. The van der Waals surface area contributed by atoms with Gasteiger partial charge < -0.3 is 5.32 Å². The summed E-state index contributed by atoms with van der Waals surface area (Å²) < 4.78 is 1.51. The number of nitrogens with zero attached hydrogens (tertiary/aromatic N) is 2. The lowest BCUT2D eigenvalue weighted by Gasteiger charge is -2.04. The van der Waals surface area contributed by atoms with Crippen LogP contribution in [0, 0.1) is 0 Å². The highest BCUT2D eigenvalue weighted by atomic mass is 35.5. The van der Waals surface area contributed by atoms with Crippen molar-refractivity contribution in [2.24, 2.45) is 7.05 Å². The smallest absolute Gasteiger partial charge is 0.258 e. The number of aromatic nitrogens is 2. The van der Waals surface area contributed by atoms with Crippen molar-refractivity contribution >= 4 is 34.9 Å². The first-order valence-electron chi connectivity index (χ1n) is 3.18. The van der Waals surface area contributed by atoms with E-state index < -0.39 is 10.7 Å². The number of halogens is 2. The fraction of sp³-hybridized carbons (Fsp3) is 0.333. The Kier molecular flexibility index (Phi) is 2.94. The SMILES string of the molecule is Cn1nccc1NC(=O)C(Cl)Cl. The Balaban J connectivity index is 2.64. The van der Waals surface area contributed by atoms with Crippen LogP contribution >= 0.6 is 23.2 Å². The molecule has 1 N–H and O–H groups in total. The van der Waals surface area contributed by atoms with Crippen molar-refractivity contribution < 1.29 is 4.79 Å². The van der Waals surface area contributed by atoms with E-state index >= 15 is 0 Å². The van der Waals surface area contributed by atoms with Gasteiger partial charge in [0.05, 0.1) is 6.20 Å². The number of aryl methyl sites for hydroxylation is 1. The largest absolute Gasteiger partial charge is 0.309 e. The fourth-order valence-corrected chi connectivity index (χ4v) is 0.786. The van der Waals surface area contributed by atoms with E-state index in [4.69, 9.17) is 23.2 Å².